The molecule has 0 spiro atoms. The third-order valence-electron chi connectivity index (χ3n) is 3.93. The van der Waals surface area contributed by atoms with Gasteiger partial charge in [0.05, 0.1) is 6.61 Å². The molecule has 1 aromatic carbocycles. The minimum atomic E-state index is -0.339. The Morgan fingerprint density at radius 2 is 1.95 bits per heavy atom. The van der Waals surface area contributed by atoms with Crippen molar-refractivity contribution in [2.75, 3.05) is 11.9 Å². The molecule has 0 heterocycles. The minimum Gasteiger partial charge on any atom is -0.449 e. The molecule has 1 aliphatic rings. The summed E-state index contributed by atoms with van der Waals surface area (Å²) in [6.45, 7) is 4.64. The van der Waals surface area contributed by atoms with Gasteiger partial charge in [-0.2, -0.15) is 0 Å². The van der Waals surface area contributed by atoms with Crippen molar-refractivity contribution >= 4 is 11.8 Å². The van der Waals surface area contributed by atoms with Crippen molar-refractivity contribution in [2.24, 2.45) is 5.92 Å². The van der Waals surface area contributed by atoms with Crippen LogP contribution in [0.3, 0.4) is 0 Å². The van der Waals surface area contributed by atoms with Gasteiger partial charge in [0.25, 0.3) is 0 Å². The second-order valence-corrected chi connectivity index (χ2v) is 5.53. The molecular weight excluding hydrogens is 238 g/mol. The summed E-state index contributed by atoms with van der Waals surface area (Å²) in [5.74, 6) is 0.555. The van der Waals surface area contributed by atoms with Crippen molar-refractivity contribution in [1.29, 1.82) is 0 Å². The molecule has 0 atom stereocenters. The van der Waals surface area contributed by atoms with E-state index in [9.17, 15) is 4.79 Å². The molecule has 3 heteroatoms. The fraction of sp³-hybridized carbons (Fsp3) is 0.562. The van der Waals surface area contributed by atoms with Crippen LogP contribution in [0.25, 0.3) is 0 Å². The first-order chi connectivity index (χ1) is 9.15. The lowest BCUT2D eigenvalue weighted by Crippen LogP contribution is -2.20. The number of aryl methyl sites for hydroxylation is 2. The van der Waals surface area contributed by atoms with Gasteiger partial charge in [-0.3, -0.25) is 5.32 Å². The molecule has 1 amide bonds. The zero-order chi connectivity index (χ0) is 13.7. The van der Waals surface area contributed by atoms with Crippen LogP contribution in [0.1, 0.15) is 43.2 Å². The van der Waals surface area contributed by atoms with Crippen molar-refractivity contribution in [3.05, 3.63) is 29.3 Å². The van der Waals surface area contributed by atoms with E-state index in [-0.39, 0.29) is 6.09 Å². The highest BCUT2D eigenvalue weighted by molar-refractivity contribution is 5.84. The number of hydrogen-bond acceptors (Lipinski definition) is 2. The van der Waals surface area contributed by atoms with Crippen LogP contribution >= 0.6 is 0 Å². The summed E-state index contributed by atoms with van der Waals surface area (Å²) in [6, 6.07) is 5.88. The predicted octanol–water partition coefficient (Wildman–Crippen LogP) is 4.43. The third kappa shape index (κ3) is 4.27. The van der Waals surface area contributed by atoms with Crippen LogP contribution in [0.2, 0.25) is 0 Å². The molecule has 19 heavy (non-hydrogen) atoms. The van der Waals surface area contributed by atoms with Crippen LogP contribution in [0.5, 0.6) is 0 Å². The van der Waals surface area contributed by atoms with Gasteiger partial charge in [0, 0.05) is 5.69 Å². The van der Waals surface area contributed by atoms with E-state index in [2.05, 4.69) is 12.2 Å². The van der Waals surface area contributed by atoms with Gasteiger partial charge in [-0.05, 0) is 55.9 Å². The summed E-state index contributed by atoms with van der Waals surface area (Å²) in [7, 11) is 0. The number of rotatable bonds is 3. The van der Waals surface area contributed by atoms with Gasteiger partial charge >= 0.3 is 6.09 Å². The maximum atomic E-state index is 11.7. The van der Waals surface area contributed by atoms with E-state index >= 15 is 0 Å². The predicted molar refractivity (Wildman–Crippen MR) is 77.5 cm³/mol. The lowest BCUT2D eigenvalue weighted by molar-refractivity contribution is 0.128. The van der Waals surface area contributed by atoms with Crippen molar-refractivity contribution in [2.45, 2.75) is 46.0 Å². The largest absolute Gasteiger partial charge is 0.449 e. The summed E-state index contributed by atoms with van der Waals surface area (Å²) in [6.07, 6.45) is 5.91. The van der Waals surface area contributed by atoms with E-state index in [1.165, 1.54) is 43.2 Å². The van der Waals surface area contributed by atoms with Gasteiger partial charge < -0.3 is 4.74 Å². The molecule has 104 valence electrons. The Morgan fingerprint density at radius 3 is 2.63 bits per heavy atom. The fourth-order valence-electron chi connectivity index (χ4n) is 2.52. The molecule has 0 saturated heterocycles. The van der Waals surface area contributed by atoms with Crippen LogP contribution in [0.15, 0.2) is 18.2 Å². The van der Waals surface area contributed by atoms with Crippen LogP contribution in [-0.2, 0) is 4.74 Å². The monoisotopic (exact) mass is 261 g/mol. The summed E-state index contributed by atoms with van der Waals surface area (Å²) >= 11 is 0. The molecular formula is C16H23NO2. The minimum absolute atomic E-state index is 0.339. The van der Waals surface area contributed by atoms with Gasteiger partial charge in [0.1, 0.15) is 0 Å². The fourth-order valence-corrected chi connectivity index (χ4v) is 2.52. The normalized spacial score (nSPS) is 16.1. The molecule has 1 saturated carbocycles. The van der Waals surface area contributed by atoms with Crippen molar-refractivity contribution in [3.63, 3.8) is 0 Å². The SMILES string of the molecule is Cc1ccc(NC(=O)OCC2CCCCC2)cc1C. The highest BCUT2D eigenvalue weighted by Gasteiger charge is 2.15. The summed E-state index contributed by atoms with van der Waals surface area (Å²) < 4.78 is 5.31. The van der Waals surface area contributed by atoms with Gasteiger partial charge in [0.2, 0.25) is 0 Å². The maximum absolute atomic E-state index is 11.7. The second-order valence-electron chi connectivity index (χ2n) is 5.53. The van der Waals surface area contributed by atoms with Crippen LogP contribution in [0.4, 0.5) is 10.5 Å². The number of ether oxygens (including phenoxy) is 1. The summed E-state index contributed by atoms with van der Waals surface area (Å²) in [5, 5.41) is 2.79. The molecule has 1 aliphatic carbocycles. The number of hydrogen-bond donors (Lipinski definition) is 1. The van der Waals surface area contributed by atoms with Crippen LogP contribution in [0, 0.1) is 19.8 Å². The van der Waals surface area contributed by atoms with E-state index in [1.54, 1.807) is 0 Å². The number of anilines is 1. The Kier molecular flexibility index (Phi) is 4.83. The van der Waals surface area contributed by atoms with Crippen molar-refractivity contribution in [1.82, 2.24) is 0 Å². The number of amides is 1. The molecule has 0 aromatic heterocycles. The summed E-state index contributed by atoms with van der Waals surface area (Å²) in [4.78, 5) is 11.7. The Hall–Kier alpha value is -1.51. The standard InChI is InChI=1S/C16H23NO2/c1-12-8-9-15(10-13(12)2)17-16(18)19-11-14-6-4-3-5-7-14/h8-10,14H,3-7,11H2,1-2H3,(H,17,18). The third-order valence-corrected chi connectivity index (χ3v) is 3.93. The van der Waals surface area contributed by atoms with E-state index < -0.39 is 0 Å². The number of nitrogens with one attached hydrogen (secondary N) is 1. The zero-order valence-electron chi connectivity index (χ0n) is 11.9. The van der Waals surface area contributed by atoms with E-state index in [0.717, 1.165) is 5.69 Å². The first-order valence-corrected chi connectivity index (χ1v) is 7.16. The van der Waals surface area contributed by atoms with Crippen LogP contribution in [-0.4, -0.2) is 12.7 Å². The van der Waals surface area contributed by atoms with Gasteiger partial charge in [-0.25, -0.2) is 4.79 Å². The van der Waals surface area contributed by atoms with Crippen molar-refractivity contribution in [3.8, 4) is 0 Å². The first-order valence-electron chi connectivity index (χ1n) is 7.16. The average Bonchev–Trinajstić information content (AvgIpc) is 2.42. The molecule has 0 aliphatic heterocycles. The molecule has 0 bridgehead atoms. The summed E-state index contributed by atoms with van der Waals surface area (Å²) in [5.41, 5.74) is 3.20. The number of benzene rings is 1. The Labute approximate surface area is 115 Å². The topological polar surface area (TPSA) is 38.3 Å². The maximum Gasteiger partial charge on any atom is 0.411 e. The molecule has 0 radical (unpaired) electrons. The van der Waals surface area contributed by atoms with Gasteiger partial charge in [-0.15, -0.1) is 0 Å². The molecule has 1 aromatic rings. The Morgan fingerprint density at radius 1 is 1.21 bits per heavy atom. The molecule has 1 N–H and O–H groups in total. The van der Waals surface area contributed by atoms with Gasteiger partial charge in [0.15, 0.2) is 0 Å². The zero-order valence-corrected chi connectivity index (χ0v) is 11.9. The van der Waals surface area contributed by atoms with Crippen LogP contribution < -0.4 is 5.32 Å². The highest BCUT2D eigenvalue weighted by atomic mass is 16.5. The number of carbonyl (C=O) groups excluding carboxylic acids is 1. The average molecular weight is 261 g/mol. The van der Waals surface area contributed by atoms with Gasteiger partial charge in [-0.1, -0.05) is 25.3 Å². The van der Waals surface area contributed by atoms with E-state index in [1.807, 2.05) is 25.1 Å². The molecule has 1 fully saturated rings. The Balaban J connectivity index is 1.78. The smallest absolute Gasteiger partial charge is 0.411 e. The lowest BCUT2D eigenvalue weighted by atomic mass is 9.90. The number of carbonyl (C=O) groups is 1. The highest BCUT2D eigenvalue weighted by Crippen LogP contribution is 2.23. The first kappa shape index (κ1) is 13.9. The molecule has 0 unspecified atom stereocenters. The molecule has 2 rings (SSSR count). The van der Waals surface area contributed by atoms with Crippen molar-refractivity contribution < 1.29 is 9.53 Å². The second kappa shape index (κ2) is 6.60. The lowest BCUT2D eigenvalue weighted by Gasteiger charge is -2.21. The Bertz CT molecular complexity index is 436. The quantitative estimate of drug-likeness (QED) is 0.874. The molecule has 3 nitrogen and oxygen atoms in total. The van der Waals surface area contributed by atoms with E-state index in [4.69, 9.17) is 4.74 Å². The van der Waals surface area contributed by atoms with E-state index in [0.29, 0.717) is 12.5 Å².